The van der Waals surface area contributed by atoms with Crippen molar-refractivity contribution in [2.45, 2.75) is 23.7 Å². The van der Waals surface area contributed by atoms with Crippen molar-refractivity contribution in [2.75, 3.05) is 26.3 Å². The number of para-hydroxylation sites is 1. The van der Waals surface area contributed by atoms with Gasteiger partial charge in [0.25, 0.3) is 0 Å². The van der Waals surface area contributed by atoms with Gasteiger partial charge in [-0.15, -0.1) is 0 Å². The van der Waals surface area contributed by atoms with E-state index < -0.39 is 0 Å². The molecule has 0 spiro atoms. The van der Waals surface area contributed by atoms with E-state index in [4.69, 9.17) is 14.7 Å². The zero-order valence-corrected chi connectivity index (χ0v) is 15.8. The molecule has 1 aromatic heterocycles. The summed E-state index contributed by atoms with van der Waals surface area (Å²) in [6, 6.07) is 18.9. The Balaban J connectivity index is 1.63. The predicted octanol–water partition coefficient (Wildman–Crippen LogP) is 4.32. The zero-order chi connectivity index (χ0) is 17.8. The molecule has 0 bridgehead atoms. The molecule has 1 aliphatic heterocycles. The topological polar surface area (TPSA) is 38.2 Å². The number of hydrogen-bond donors (Lipinski definition) is 0. The van der Waals surface area contributed by atoms with Gasteiger partial charge in [0.15, 0.2) is 0 Å². The van der Waals surface area contributed by atoms with Crippen molar-refractivity contribution in [1.82, 2.24) is 14.9 Å². The van der Waals surface area contributed by atoms with Gasteiger partial charge in [-0.1, -0.05) is 60.3 Å². The Bertz CT molecular complexity index is 866. The lowest BCUT2D eigenvalue weighted by Gasteiger charge is -2.26. The molecule has 4 rings (SSSR count). The molecule has 26 heavy (non-hydrogen) atoms. The second kappa shape index (κ2) is 8.16. The minimum Gasteiger partial charge on any atom is -0.379 e. The van der Waals surface area contributed by atoms with Crippen LogP contribution in [0.15, 0.2) is 59.6 Å². The highest BCUT2D eigenvalue weighted by atomic mass is 32.2. The highest BCUT2D eigenvalue weighted by Gasteiger charge is 2.16. The lowest BCUT2D eigenvalue weighted by atomic mass is 10.2. The minimum atomic E-state index is 0.339. The maximum absolute atomic E-state index is 5.45. The highest BCUT2D eigenvalue weighted by Crippen LogP contribution is 2.37. The summed E-state index contributed by atoms with van der Waals surface area (Å²) in [6.07, 6.45) is 0. The van der Waals surface area contributed by atoms with Crippen LogP contribution in [0.25, 0.3) is 10.9 Å². The number of fused-ring (bicyclic) bond motifs is 1. The van der Waals surface area contributed by atoms with Crippen LogP contribution >= 0.6 is 11.8 Å². The number of nitrogens with zero attached hydrogens (tertiary/aromatic N) is 3. The second-order valence-electron chi connectivity index (χ2n) is 6.52. The van der Waals surface area contributed by atoms with E-state index in [9.17, 15) is 0 Å². The van der Waals surface area contributed by atoms with Gasteiger partial charge in [-0.05, 0) is 18.6 Å². The molecule has 2 heterocycles. The van der Waals surface area contributed by atoms with Crippen LogP contribution in [0.1, 0.15) is 23.6 Å². The third-order valence-corrected chi connectivity index (χ3v) is 5.80. The third kappa shape index (κ3) is 4.06. The second-order valence-corrected chi connectivity index (χ2v) is 7.85. The first-order chi connectivity index (χ1) is 12.8. The summed E-state index contributed by atoms with van der Waals surface area (Å²) < 4.78 is 5.45. The van der Waals surface area contributed by atoms with Crippen molar-refractivity contribution in [3.8, 4) is 0 Å². The van der Waals surface area contributed by atoms with Gasteiger partial charge in [0.2, 0.25) is 0 Å². The number of ether oxygens (including phenoxy) is 1. The van der Waals surface area contributed by atoms with Crippen molar-refractivity contribution < 1.29 is 4.74 Å². The van der Waals surface area contributed by atoms with Crippen molar-refractivity contribution in [3.05, 3.63) is 66.0 Å². The molecule has 1 unspecified atom stereocenters. The molecule has 1 saturated heterocycles. The SMILES string of the molecule is CC(Sc1nc(CN2CCOCC2)nc2ccccc12)c1ccccc1. The van der Waals surface area contributed by atoms with E-state index in [1.165, 1.54) is 5.56 Å². The number of benzene rings is 2. The average molecular weight is 366 g/mol. The van der Waals surface area contributed by atoms with E-state index >= 15 is 0 Å². The molecule has 2 aromatic carbocycles. The molecule has 0 amide bonds. The zero-order valence-electron chi connectivity index (χ0n) is 15.0. The summed E-state index contributed by atoms with van der Waals surface area (Å²) in [6.45, 7) is 6.48. The number of rotatable bonds is 5. The fraction of sp³-hybridized carbons (Fsp3) is 0.333. The predicted molar refractivity (Wildman–Crippen MR) is 106 cm³/mol. The Morgan fingerprint density at radius 2 is 1.73 bits per heavy atom. The fourth-order valence-corrected chi connectivity index (χ4v) is 4.26. The quantitative estimate of drug-likeness (QED) is 0.497. The van der Waals surface area contributed by atoms with E-state index in [0.717, 1.165) is 54.6 Å². The van der Waals surface area contributed by atoms with E-state index in [2.05, 4.69) is 60.4 Å². The molecule has 0 saturated carbocycles. The van der Waals surface area contributed by atoms with Gasteiger partial charge < -0.3 is 4.74 Å². The number of aromatic nitrogens is 2. The first kappa shape index (κ1) is 17.5. The molecule has 1 atom stereocenters. The number of morpholine rings is 1. The Hall–Kier alpha value is -1.95. The van der Waals surface area contributed by atoms with Crippen LogP contribution in [0.2, 0.25) is 0 Å². The first-order valence-corrected chi connectivity index (χ1v) is 9.95. The molecule has 4 nitrogen and oxygen atoms in total. The van der Waals surface area contributed by atoms with Gasteiger partial charge in [0, 0.05) is 23.7 Å². The summed E-state index contributed by atoms with van der Waals surface area (Å²) in [5, 5.41) is 2.53. The fourth-order valence-electron chi connectivity index (χ4n) is 3.17. The van der Waals surface area contributed by atoms with Crippen LogP contribution < -0.4 is 0 Å². The van der Waals surface area contributed by atoms with E-state index in [0.29, 0.717) is 5.25 Å². The smallest absolute Gasteiger partial charge is 0.144 e. The van der Waals surface area contributed by atoms with Crippen LogP contribution in [0.4, 0.5) is 0 Å². The molecule has 0 aliphatic carbocycles. The van der Waals surface area contributed by atoms with Crippen LogP contribution in [0.5, 0.6) is 0 Å². The Morgan fingerprint density at radius 1 is 1.00 bits per heavy atom. The summed E-state index contributed by atoms with van der Waals surface area (Å²) in [7, 11) is 0. The maximum Gasteiger partial charge on any atom is 0.144 e. The minimum absolute atomic E-state index is 0.339. The lowest BCUT2D eigenvalue weighted by Crippen LogP contribution is -2.36. The van der Waals surface area contributed by atoms with E-state index in [-0.39, 0.29) is 0 Å². The summed E-state index contributed by atoms with van der Waals surface area (Å²) in [4.78, 5) is 12.1. The van der Waals surface area contributed by atoms with Gasteiger partial charge in [-0.25, -0.2) is 9.97 Å². The normalized spacial score (nSPS) is 16.7. The molecule has 3 aromatic rings. The standard InChI is InChI=1S/C21H23N3OS/c1-16(17-7-3-2-4-8-17)26-21-18-9-5-6-10-19(18)22-20(23-21)15-24-11-13-25-14-12-24/h2-10,16H,11-15H2,1H3. The van der Waals surface area contributed by atoms with Crippen LogP contribution in [0.3, 0.4) is 0 Å². The van der Waals surface area contributed by atoms with Gasteiger partial charge in [0.05, 0.1) is 25.3 Å². The van der Waals surface area contributed by atoms with Gasteiger partial charge in [0.1, 0.15) is 10.9 Å². The molecule has 0 radical (unpaired) electrons. The van der Waals surface area contributed by atoms with Crippen molar-refractivity contribution >= 4 is 22.7 Å². The largest absolute Gasteiger partial charge is 0.379 e. The molecule has 1 aliphatic rings. The van der Waals surface area contributed by atoms with Crippen LogP contribution in [-0.4, -0.2) is 41.2 Å². The van der Waals surface area contributed by atoms with Crippen molar-refractivity contribution in [1.29, 1.82) is 0 Å². The molecular weight excluding hydrogens is 342 g/mol. The molecule has 0 N–H and O–H groups in total. The average Bonchev–Trinajstić information content (AvgIpc) is 2.69. The monoisotopic (exact) mass is 365 g/mol. The Labute approximate surface area is 158 Å². The molecule has 1 fully saturated rings. The van der Waals surface area contributed by atoms with E-state index in [1.54, 1.807) is 0 Å². The van der Waals surface area contributed by atoms with E-state index in [1.807, 2.05) is 17.8 Å². The summed E-state index contributed by atoms with van der Waals surface area (Å²) >= 11 is 1.81. The highest BCUT2D eigenvalue weighted by molar-refractivity contribution is 7.99. The first-order valence-electron chi connectivity index (χ1n) is 9.07. The Morgan fingerprint density at radius 3 is 2.54 bits per heavy atom. The molecule has 134 valence electrons. The van der Waals surface area contributed by atoms with Crippen molar-refractivity contribution in [2.24, 2.45) is 0 Å². The van der Waals surface area contributed by atoms with Crippen LogP contribution in [0, 0.1) is 0 Å². The maximum atomic E-state index is 5.45. The van der Waals surface area contributed by atoms with Gasteiger partial charge in [-0.2, -0.15) is 0 Å². The summed E-state index contributed by atoms with van der Waals surface area (Å²) in [5.41, 5.74) is 2.34. The number of thioether (sulfide) groups is 1. The molecular formula is C21H23N3OS. The van der Waals surface area contributed by atoms with Crippen molar-refractivity contribution in [3.63, 3.8) is 0 Å². The third-order valence-electron chi connectivity index (χ3n) is 4.64. The van der Waals surface area contributed by atoms with Gasteiger partial charge in [-0.3, -0.25) is 4.90 Å². The lowest BCUT2D eigenvalue weighted by molar-refractivity contribution is 0.0330. The number of hydrogen-bond acceptors (Lipinski definition) is 5. The summed E-state index contributed by atoms with van der Waals surface area (Å²) in [5.74, 6) is 0.897. The van der Waals surface area contributed by atoms with Crippen LogP contribution in [-0.2, 0) is 11.3 Å². The van der Waals surface area contributed by atoms with Gasteiger partial charge >= 0.3 is 0 Å². The molecule has 5 heteroatoms. The Kier molecular flexibility index (Phi) is 5.48.